The molecule has 14 heavy (non-hydrogen) atoms. The molecule has 1 fully saturated rings. The van der Waals surface area contributed by atoms with Crippen LogP contribution in [0.15, 0.2) is 18.2 Å². The standard InChI is InChI=1S/C10H11ClN2O/c11-8-3-6(1-2-9(8)12)7-4-10(14)13-5-7/h1-3,7H,4-5,12H2,(H,13,14). The fourth-order valence-corrected chi connectivity index (χ4v) is 1.83. The maximum Gasteiger partial charge on any atom is 0.220 e. The number of anilines is 1. The molecule has 74 valence electrons. The van der Waals surface area contributed by atoms with E-state index in [0.29, 0.717) is 23.7 Å². The van der Waals surface area contributed by atoms with Gasteiger partial charge >= 0.3 is 0 Å². The Kier molecular flexibility index (Phi) is 2.33. The van der Waals surface area contributed by atoms with E-state index in [-0.39, 0.29) is 11.8 Å². The monoisotopic (exact) mass is 210 g/mol. The van der Waals surface area contributed by atoms with E-state index in [4.69, 9.17) is 17.3 Å². The Morgan fingerprint density at radius 3 is 2.86 bits per heavy atom. The Labute approximate surface area is 87.2 Å². The second-order valence-electron chi connectivity index (χ2n) is 3.49. The van der Waals surface area contributed by atoms with Crippen molar-refractivity contribution in [2.24, 2.45) is 0 Å². The van der Waals surface area contributed by atoms with Gasteiger partial charge in [0, 0.05) is 18.9 Å². The Balaban J connectivity index is 2.24. The Hall–Kier alpha value is -1.22. The van der Waals surface area contributed by atoms with Crippen molar-refractivity contribution in [2.75, 3.05) is 12.3 Å². The second kappa shape index (κ2) is 3.50. The molecule has 1 saturated heterocycles. The first-order valence-electron chi connectivity index (χ1n) is 4.48. The van der Waals surface area contributed by atoms with Crippen LogP contribution in [0.4, 0.5) is 5.69 Å². The first kappa shape index (κ1) is 9.34. The summed E-state index contributed by atoms with van der Waals surface area (Å²) in [4.78, 5) is 11.0. The van der Waals surface area contributed by atoms with Crippen LogP contribution in [0.3, 0.4) is 0 Å². The van der Waals surface area contributed by atoms with Crippen molar-refractivity contribution in [1.82, 2.24) is 5.32 Å². The number of nitrogen functional groups attached to an aromatic ring is 1. The molecule has 1 aliphatic heterocycles. The minimum Gasteiger partial charge on any atom is -0.398 e. The van der Waals surface area contributed by atoms with Gasteiger partial charge in [-0.2, -0.15) is 0 Å². The van der Waals surface area contributed by atoms with Crippen LogP contribution in [0.1, 0.15) is 17.9 Å². The van der Waals surface area contributed by atoms with E-state index >= 15 is 0 Å². The second-order valence-corrected chi connectivity index (χ2v) is 3.89. The van der Waals surface area contributed by atoms with Crippen LogP contribution >= 0.6 is 11.6 Å². The molecule has 1 aromatic carbocycles. The Morgan fingerprint density at radius 1 is 1.50 bits per heavy atom. The van der Waals surface area contributed by atoms with Crippen LogP contribution in [0, 0.1) is 0 Å². The topological polar surface area (TPSA) is 55.1 Å². The molecule has 0 aliphatic carbocycles. The average Bonchev–Trinajstić information content (AvgIpc) is 2.57. The molecule has 0 radical (unpaired) electrons. The molecule has 3 nitrogen and oxygen atoms in total. The van der Waals surface area contributed by atoms with Gasteiger partial charge in [-0.15, -0.1) is 0 Å². The smallest absolute Gasteiger partial charge is 0.220 e. The summed E-state index contributed by atoms with van der Waals surface area (Å²) in [5.74, 6) is 0.337. The van der Waals surface area contributed by atoms with Crippen LogP contribution < -0.4 is 11.1 Å². The number of rotatable bonds is 1. The molecule has 1 atom stereocenters. The predicted molar refractivity (Wildman–Crippen MR) is 56.2 cm³/mol. The molecule has 1 aliphatic rings. The first-order chi connectivity index (χ1) is 6.66. The molecule has 0 aromatic heterocycles. The number of benzene rings is 1. The largest absolute Gasteiger partial charge is 0.398 e. The van der Waals surface area contributed by atoms with Crippen LogP contribution in [0.25, 0.3) is 0 Å². The van der Waals surface area contributed by atoms with E-state index in [1.165, 1.54) is 0 Å². The summed E-state index contributed by atoms with van der Waals surface area (Å²) in [6.07, 6.45) is 0.542. The molecule has 1 amide bonds. The highest BCUT2D eigenvalue weighted by Gasteiger charge is 2.23. The number of hydrogen-bond donors (Lipinski definition) is 2. The van der Waals surface area contributed by atoms with Gasteiger partial charge in [-0.3, -0.25) is 4.79 Å². The van der Waals surface area contributed by atoms with Crippen molar-refractivity contribution in [1.29, 1.82) is 0 Å². The molecular formula is C10H11ClN2O. The van der Waals surface area contributed by atoms with Gasteiger partial charge in [-0.1, -0.05) is 17.7 Å². The van der Waals surface area contributed by atoms with Gasteiger partial charge in [0.2, 0.25) is 5.91 Å². The molecular weight excluding hydrogens is 200 g/mol. The number of halogens is 1. The molecule has 0 saturated carbocycles. The van der Waals surface area contributed by atoms with Crippen molar-refractivity contribution < 1.29 is 4.79 Å². The third-order valence-electron chi connectivity index (χ3n) is 2.47. The zero-order chi connectivity index (χ0) is 10.1. The normalized spacial score (nSPS) is 20.9. The summed E-state index contributed by atoms with van der Waals surface area (Å²) in [5.41, 5.74) is 7.25. The van der Waals surface area contributed by atoms with Gasteiger partial charge in [0.25, 0.3) is 0 Å². The number of carbonyl (C=O) groups excluding carboxylic acids is 1. The van der Waals surface area contributed by atoms with Crippen molar-refractivity contribution in [3.63, 3.8) is 0 Å². The maximum absolute atomic E-state index is 11.0. The van der Waals surface area contributed by atoms with E-state index in [2.05, 4.69) is 5.32 Å². The van der Waals surface area contributed by atoms with Crippen LogP contribution in [-0.4, -0.2) is 12.5 Å². The zero-order valence-corrected chi connectivity index (χ0v) is 8.34. The van der Waals surface area contributed by atoms with Crippen molar-refractivity contribution in [3.05, 3.63) is 28.8 Å². The maximum atomic E-state index is 11.0. The predicted octanol–water partition coefficient (Wildman–Crippen LogP) is 1.53. The van der Waals surface area contributed by atoms with Gasteiger partial charge in [-0.25, -0.2) is 0 Å². The molecule has 2 rings (SSSR count). The van der Waals surface area contributed by atoms with E-state index in [1.807, 2.05) is 12.1 Å². The van der Waals surface area contributed by atoms with E-state index < -0.39 is 0 Å². The highest BCUT2D eigenvalue weighted by Crippen LogP contribution is 2.28. The summed E-state index contributed by atoms with van der Waals surface area (Å²) in [6, 6.07) is 5.54. The van der Waals surface area contributed by atoms with E-state index in [9.17, 15) is 4.79 Å². The number of hydrogen-bond acceptors (Lipinski definition) is 2. The molecule has 0 bridgehead atoms. The number of nitrogens with two attached hydrogens (primary N) is 1. The first-order valence-corrected chi connectivity index (χ1v) is 4.86. The SMILES string of the molecule is Nc1ccc(C2CNC(=O)C2)cc1Cl. The summed E-state index contributed by atoms with van der Waals surface area (Å²) in [6.45, 7) is 0.694. The fourth-order valence-electron chi connectivity index (χ4n) is 1.64. The molecule has 1 unspecified atom stereocenters. The van der Waals surface area contributed by atoms with Crippen molar-refractivity contribution >= 4 is 23.2 Å². The van der Waals surface area contributed by atoms with Gasteiger partial charge in [0.05, 0.1) is 10.7 Å². The fraction of sp³-hybridized carbons (Fsp3) is 0.300. The van der Waals surface area contributed by atoms with Gasteiger partial charge in [0.1, 0.15) is 0 Å². The van der Waals surface area contributed by atoms with Crippen molar-refractivity contribution in [3.8, 4) is 0 Å². The molecule has 3 N–H and O–H groups in total. The highest BCUT2D eigenvalue weighted by molar-refractivity contribution is 6.33. The molecule has 0 spiro atoms. The highest BCUT2D eigenvalue weighted by atomic mass is 35.5. The number of amides is 1. The Bertz CT molecular complexity index is 378. The van der Waals surface area contributed by atoms with Crippen LogP contribution in [0.5, 0.6) is 0 Å². The van der Waals surface area contributed by atoms with Crippen LogP contribution in [-0.2, 0) is 4.79 Å². The van der Waals surface area contributed by atoms with Crippen LogP contribution in [0.2, 0.25) is 5.02 Å². The molecule has 1 heterocycles. The summed E-state index contributed by atoms with van der Waals surface area (Å²) < 4.78 is 0. The third-order valence-corrected chi connectivity index (χ3v) is 2.80. The summed E-state index contributed by atoms with van der Waals surface area (Å²) in [7, 11) is 0. The lowest BCUT2D eigenvalue weighted by molar-refractivity contribution is -0.119. The lowest BCUT2D eigenvalue weighted by Crippen LogP contribution is -2.13. The van der Waals surface area contributed by atoms with E-state index in [0.717, 1.165) is 5.56 Å². The lowest BCUT2D eigenvalue weighted by Gasteiger charge is -2.08. The number of nitrogens with one attached hydrogen (secondary N) is 1. The third kappa shape index (κ3) is 1.68. The lowest BCUT2D eigenvalue weighted by atomic mass is 9.98. The Morgan fingerprint density at radius 2 is 2.29 bits per heavy atom. The van der Waals surface area contributed by atoms with Crippen molar-refractivity contribution in [2.45, 2.75) is 12.3 Å². The minimum absolute atomic E-state index is 0.1000. The zero-order valence-electron chi connectivity index (χ0n) is 7.59. The van der Waals surface area contributed by atoms with Gasteiger partial charge in [-0.05, 0) is 17.7 Å². The average molecular weight is 211 g/mol. The van der Waals surface area contributed by atoms with Gasteiger partial charge in [0.15, 0.2) is 0 Å². The molecule has 4 heteroatoms. The quantitative estimate of drug-likeness (QED) is 0.691. The van der Waals surface area contributed by atoms with E-state index in [1.54, 1.807) is 6.07 Å². The minimum atomic E-state index is 0.1000. The number of carbonyl (C=O) groups is 1. The summed E-state index contributed by atoms with van der Waals surface area (Å²) in [5, 5.41) is 3.35. The molecule has 1 aromatic rings. The van der Waals surface area contributed by atoms with Gasteiger partial charge < -0.3 is 11.1 Å². The summed E-state index contributed by atoms with van der Waals surface area (Å²) >= 11 is 5.90.